The summed E-state index contributed by atoms with van der Waals surface area (Å²) in [5.41, 5.74) is 4.64. The second-order valence-corrected chi connectivity index (χ2v) is 7.92. The van der Waals surface area contributed by atoms with Gasteiger partial charge in [-0.1, -0.05) is 91.0 Å². The Bertz CT molecular complexity index is 738. The molecule has 0 aromatic heterocycles. The molecule has 28 heavy (non-hydrogen) atoms. The summed E-state index contributed by atoms with van der Waals surface area (Å²) < 4.78 is 0. The number of amides is 1. The Kier molecular flexibility index (Phi) is 10.8. The maximum Gasteiger partial charge on any atom is 0.303 e. The van der Waals surface area contributed by atoms with E-state index in [0.717, 1.165) is 0 Å². The molecule has 0 saturated heterocycles. The fraction of sp³-hybridized carbons (Fsp3) is 0.0909. The lowest BCUT2D eigenvalue weighted by atomic mass is 10.3. The summed E-state index contributed by atoms with van der Waals surface area (Å²) in [6.07, 6.45) is -0.245. The van der Waals surface area contributed by atoms with Crippen LogP contribution >= 0.6 is 24.9 Å². The van der Waals surface area contributed by atoms with E-state index in [9.17, 15) is 9.59 Å². The van der Waals surface area contributed by atoms with E-state index >= 15 is 0 Å². The van der Waals surface area contributed by atoms with E-state index in [1.165, 1.54) is 15.9 Å². The number of carboxylic acid groups (broad SMARTS) is 1. The Morgan fingerprint density at radius 2 is 1.00 bits per heavy atom. The van der Waals surface area contributed by atoms with E-state index in [2.05, 4.69) is 96.7 Å². The fourth-order valence-corrected chi connectivity index (χ4v) is 4.71. The number of halogens is 1. The van der Waals surface area contributed by atoms with Crippen molar-refractivity contribution in [2.24, 2.45) is 5.73 Å². The predicted molar refractivity (Wildman–Crippen MR) is 122 cm³/mol. The first-order valence-electron chi connectivity index (χ1n) is 8.53. The largest absolute Gasteiger partial charge is 0.481 e. The predicted octanol–water partition coefficient (Wildman–Crippen LogP) is 3.36. The second kappa shape index (κ2) is 12.8. The van der Waals surface area contributed by atoms with Gasteiger partial charge in [0.1, 0.15) is 0 Å². The highest BCUT2D eigenvalue weighted by molar-refractivity contribution is 8.93. The number of benzene rings is 3. The van der Waals surface area contributed by atoms with Gasteiger partial charge < -0.3 is 10.8 Å². The molecule has 3 aromatic rings. The number of carbonyl (C=O) groups excluding carboxylic acids is 1. The zero-order valence-corrected chi connectivity index (χ0v) is 17.9. The molecule has 0 unspecified atom stereocenters. The first kappa shape index (κ1) is 23.5. The number of aliphatic carboxylic acids is 1. The van der Waals surface area contributed by atoms with E-state index in [0.29, 0.717) is 0 Å². The molecule has 0 aliphatic carbocycles. The third-order valence-electron chi connectivity index (χ3n) is 3.63. The van der Waals surface area contributed by atoms with Crippen molar-refractivity contribution in [1.82, 2.24) is 0 Å². The Morgan fingerprint density at radius 3 is 1.21 bits per heavy atom. The molecular weight excluding hydrogens is 437 g/mol. The Hall–Kier alpha value is -2.49. The van der Waals surface area contributed by atoms with Gasteiger partial charge in [-0.05, 0) is 23.8 Å². The summed E-state index contributed by atoms with van der Waals surface area (Å²) in [5, 5.41) is 12.1. The van der Waals surface area contributed by atoms with Crippen molar-refractivity contribution in [1.29, 1.82) is 0 Å². The van der Waals surface area contributed by atoms with E-state index in [1.54, 1.807) is 0 Å². The standard InChI is InChI=1S/C18H15P.C4H7NO3.BrH/c1-4-10-16(11-5-1)19(17-12-6-2-7-13-17)18-14-8-3-9-15-18;5-3(6)1-2-4(7)8;/h1-15H;1-2H2,(H2,5,6)(H,7,8);1H. The number of carboxylic acids is 1. The average molecular weight is 460 g/mol. The van der Waals surface area contributed by atoms with Crippen molar-refractivity contribution < 1.29 is 14.7 Å². The molecule has 6 heteroatoms. The van der Waals surface area contributed by atoms with Crippen LogP contribution in [0.25, 0.3) is 0 Å². The van der Waals surface area contributed by atoms with Crippen LogP contribution in [-0.2, 0) is 9.59 Å². The van der Waals surface area contributed by atoms with Crippen molar-refractivity contribution in [2.75, 3.05) is 0 Å². The molecule has 0 fully saturated rings. The van der Waals surface area contributed by atoms with Crippen LogP contribution in [0.4, 0.5) is 0 Å². The zero-order chi connectivity index (χ0) is 19.5. The van der Waals surface area contributed by atoms with Crippen LogP contribution in [0.15, 0.2) is 91.0 Å². The van der Waals surface area contributed by atoms with Gasteiger partial charge >= 0.3 is 5.97 Å². The van der Waals surface area contributed by atoms with Gasteiger partial charge in [0.05, 0.1) is 6.42 Å². The highest BCUT2D eigenvalue weighted by atomic mass is 79.9. The van der Waals surface area contributed by atoms with Crippen LogP contribution in [-0.4, -0.2) is 17.0 Å². The first-order valence-corrected chi connectivity index (χ1v) is 9.87. The minimum absolute atomic E-state index is 0. The van der Waals surface area contributed by atoms with Crippen LogP contribution in [0, 0.1) is 0 Å². The summed E-state index contributed by atoms with van der Waals surface area (Å²) in [4.78, 5) is 19.6. The van der Waals surface area contributed by atoms with Gasteiger partial charge in [0, 0.05) is 6.42 Å². The van der Waals surface area contributed by atoms with Crippen LogP contribution in [0.1, 0.15) is 12.8 Å². The van der Waals surface area contributed by atoms with E-state index in [1.807, 2.05) is 0 Å². The normalized spacial score (nSPS) is 9.61. The molecule has 0 radical (unpaired) electrons. The average Bonchev–Trinajstić information content (AvgIpc) is 2.70. The van der Waals surface area contributed by atoms with Gasteiger partial charge in [0.25, 0.3) is 0 Å². The molecule has 0 spiro atoms. The van der Waals surface area contributed by atoms with Crippen molar-refractivity contribution in [3.63, 3.8) is 0 Å². The number of nitrogens with two attached hydrogens (primary N) is 1. The van der Waals surface area contributed by atoms with Crippen LogP contribution in [0.3, 0.4) is 0 Å². The van der Waals surface area contributed by atoms with Crippen molar-refractivity contribution in [3.8, 4) is 0 Å². The van der Waals surface area contributed by atoms with E-state index < -0.39 is 19.8 Å². The maximum atomic E-state index is 9.86. The zero-order valence-electron chi connectivity index (χ0n) is 15.3. The van der Waals surface area contributed by atoms with Crippen LogP contribution < -0.4 is 21.6 Å². The number of rotatable bonds is 6. The summed E-state index contributed by atoms with van der Waals surface area (Å²) >= 11 is 0. The fourth-order valence-electron chi connectivity index (χ4n) is 2.41. The maximum absolute atomic E-state index is 9.86. The third-order valence-corrected chi connectivity index (χ3v) is 6.07. The highest BCUT2D eigenvalue weighted by Gasteiger charge is 2.14. The summed E-state index contributed by atoms with van der Waals surface area (Å²) in [5.74, 6) is -1.57. The topological polar surface area (TPSA) is 80.4 Å². The summed E-state index contributed by atoms with van der Waals surface area (Å²) in [7, 11) is -0.446. The lowest BCUT2D eigenvalue weighted by molar-refractivity contribution is -0.138. The molecule has 0 aliphatic rings. The second-order valence-electron chi connectivity index (χ2n) is 5.70. The Labute approximate surface area is 176 Å². The van der Waals surface area contributed by atoms with Gasteiger partial charge in [-0.25, -0.2) is 0 Å². The molecule has 146 valence electrons. The lowest BCUT2D eigenvalue weighted by Crippen LogP contribution is -2.20. The van der Waals surface area contributed by atoms with Gasteiger partial charge in [0.15, 0.2) is 0 Å². The monoisotopic (exact) mass is 459 g/mol. The molecule has 0 bridgehead atoms. The molecule has 0 saturated carbocycles. The van der Waals surface area contributed by atoms with Crippen molar-refractivity contribution in [3.05, 3.63) is 91.0 Å². The molecule has 0 heterocycles. The number of hydrogen-bond acceptors (Lipinski definition) is 2. The minimum atomic E-state index is -0.996. The van der Waals surface area contributed by atoms with Gasteiger partial charge in [0.2, 0.25) is 5.91 Å². The van der Waals surface area contributed by atoms with Crippen molar-refractivity contribution in [2.45, 2.75) is 12.8 Å². The molecule has 0 aliphatic heterocycles. The summed E-state index contributed by atoms with van der Waals surface area (Å²) in [6, 6.07) is 32.3. The molecular formula is C22H23BrNO3P. The minimum Gasteiger partial charge on any atom is -0.481 e. The van der Waals surface area contributed by atoms with E-state index in [4.69, 9.17) is 5.11 Å². The van der Waals surface area contributed by atoms with Crippen molar-refractivity contribution >= 4 is 52.7 Å². The molecule has 0 atom stereocenters. The Balaban J connectivity index is 0.000000376. The highest BCUT2D eigenvalue weighted by Crippen LogP contribution is 2.32. The molecule has 1 amide bonds. The van der Waals surface area contributed by atoms with Gasteiger partial charge in [-0.3, -0.25) is 9.59 Å². The molecule has 3 N–H and O–H groups in total. The molecule has 3 rings (SSSR count). The Morgan fingerprint density at radius 1 is 0.679 bits per heavy atom. The lowest BCUT2D eigenvalue weighted by Gasteiger charge is -2.18. The van der Waals surface area contributed by atoms with Gasteiger partial charge in [-0.2, -0.15) is 0 Å². The quantitative estimate of drug-likeness (QED) is 0.554. The first-order chi connectivity index (χ1) is 13.1. The smallest absolute Gasteiger partial charge is 0.303 e. The van der Waals surface area contributed by atoms with Gasteiger partial charge in [-0.15, -0.1) is 17.0 Å². The number of hydrogen-bond donors (Lipinski definition) is 2. The molecule has 4 nitrogen and oxygen atoms in total. The molecule has 3 aromatic carbocycles. The SMILES string of the molecule is Br.NC(=O)CCC(=O)O.c1ccc(P(c2ccccc2)c2ccccc2)cc1. The van der Waals surface area contributed by atoms with E-state index in [-0.39, 0.29) is 29.8 Å². The third kappa shape index (κ3) is 8.03. The number of carbonyl (C=O) groups is 2. The van der Waals surface area contributed by atoms with Crippen LogP contribution in [0.5, 0.6) is 0 Å². The summed E-state index contributed by atoms with van der Waals surface area (Å²) in [6.45, 7) is 0. The number of primary amides is 1. The van der Waals surface area contributed by atoms with Crippen LogP contribution in [0.2, 0.25) is 0 Å².